The number of aryl methyl sites for hydroxylation is 1. The molecule has 1 heterocycles. The molecule has 3 rings (SSSR count). The standard InChI is InChI=1S/C17H25N/c1-12(2)17-15-6-4-3-5-13(15)11-14-7-9-18-10-8-16(14)17/h11-12,18H,3-10H2,1-2H3. The van der Waals surface area contributed by atoms with Crippen LogP contribution < -0.4 is 5.32 Å². The fourth-order valence-electron chi connectivity index (χ4n) is 3.82. The summed E-state index contributed by atoms with van der Waals surface area (Å²) in [6.45, 7) is 7.07. The Morgan fingerprint density at radius 3 is 2.39 bits per heavy atom. The minimum absolute atomic E-state index is 0.685. The molecule has 1 aromatic rings. The average Bonchev–Trinajstić information content (AvgIpc) is 2.60. The Labute approximate surface area is 111 Å². The van der Waals surface area contributed by atoms with E-state index in [9.17, 15) is 0 Å². The van der Waals surface area contributed by atoms with Crippen LogP contribution in [0.25, 0.3) is 0 Å². The van der Waals surface area contributed by atoms with Crippen LogP contribution in [-0.2, 0) is 25.7 Å². The van der Waals surface area contributed by atoms with Crippen molar-refractivity contribution in [1.82, 2.24) is 5.32 Å². The van der Waals surface area contributed by atoms with Gasteiger partial charge in [-0.05, 0) is 85.3 Å². The van der Waals surface area contributed by atoms with Gasteiger partial charge in [0.15, 0.2) is 0 Å². The number of nitrogens with one attached hydrogen (secondary N) is 1. The Morgan fingerprint density at radius 2 is 1.56 bits per heavy atom. The largest absolute Gasteiger partial charge is 0.316 e. The minimum Gasteiger partial charge on any atom is -0.316 e. The summed E-state index contributed by atoms with van der Waals surface area (Å²) in [5, 5.41) is 3.55. The highest BCUT2D eigenvalue weighted by Crippen LogP contribution is 2.35. The number of hydrogen-bond donors (Lipinski definition) is 1. The zero-order valence-corrected chi connectivity index (χ0v) is 11.8. The van der Waals surface area contributed by atoms with Gasteiger partial charge in [-0.15, -0.1) is 0 Å². The van der Waals surface area contributed by atoms with Gasteiger partial charge in [0.2, 0.25) is 0 Å². The maximum Gasteiger partial charge on any atom is -0.000801 e. The van der Waals surface area contributed by atoms with Crippen molar-refractivity contribution < 1.29 is 0 Å². The topological polar surface area (TPSA) is 12.0 Å². The molecule has 18 heavy (non-hydrogen) atoms. The molecular formula is C17H25N. The highest BCUT2D eigenvalue weighted by atomic mass is 14.8. The fourth-order valence-corrected chi connectivity index (χ4v) is 3.82. The Morgan fingerprint density at radius 1 is 0.889 bits per heavy atom. The lowest BCUT2D eigenvalue weighted by Crippen LogP contribution is -2.16. The van der Waals surface area contributed by atoms with E-state index in [0.717, 1.165) is 13.1 Å². The summed E-state index contributed by atoms with van der Waals surface area (Å²) in [4.78, 5) is 0. The lowest BCUT2D eigenvalue weighted by Gasteiger charge is -2.26. The van der Waals surface area contributed by atoms with Crippen molar-refractivity contribution >= 4 is 0 Å². The predicted octanol–water partition coefficient (Wildman–Crippen LogP) is 3.38. The van der Waals surface area contributed by atoms with Gasteiger partial charge in [-0.1, -0.05) is 19.9 Å². The Bertz CT molecular complexity index is 445. The van der Waals surface area contributed by atoms with E-state index in [1.54, 1.807) is 27.8 Å². The summed E-state index contributed by atoms with van der Waals surface area (Å²) >= 11 is 0. The highest BCUT2D eigenvalue weighted by Gasteiger charge is 2.22. The van der Waals surface area contributed by atoms with Crippen LogP contribution in [0.4, 0.5) is 0 Å². The van der Waals surface area contributed by atoms with Crippen LogP contribution in [0.1, 0.15) is 60.4 Å². The number of fused-ring (bicyclic) bond motifs is 2. The molecule has 0 atom stereocenters. The first kappa shape index (κ1) is 12.2. The van der Waals surface area contributed by atoms with Gasteiger partial charge in [-0.2, -0.15) is 0 Å². The van der Waals surface area contributed by atoms with Crippen LogP contribution in [-0.4, -0.2) is 13.1 Å². The number of benzene rings is 1. The van der Waals surface area contributed by atoms with Gasteiger partial charge >= 0.3 is 0 Å². The van der Waals surface area contributed by atoms with E-state index in [1.807, 2.05) is 0 Å². The molecule has 0 aromatic heterocycles. The van der Waals surface area contributed by atoms with Crippen molar-refractivity contribution in [2.45, 2.75) is 58.3 Å². The third-order valence-corrected chi connectivity index (χ3v) is 4.60. The first-order valence-electron chi connectivity index (χ1n) is 7.64. The van der Waals surface area contributed by atoms with E-state index < -0.39 is 0 Å². The molecule has 1 aromatic carbocycles. The van der Waals surface area contributed by atoms with Gasteiger partial charge in [0.1, 0.15) is 0 Å². The third kappa shape index (κ3) is 2.09. The van der Waals surface area contributed by atoms with Crippen molar-refractivity contribution in [2.75, 3.05) is 13.1 Å². The Balaban J connectivity index is 2.17. The Kier molecular flexibility index (Phi) is 3.43. The number of rotatable bonds is 1. The van der Waals surface area contributed by atoms with E-state index in [1.165, 1.54) is 38.5 Å². The van der Waals surface area contributed by atoms with Crippen molar-refractivity contribution in [2.24, 2.45) is 0 Å². The molecule has 1 N–H and O–H groups in total. The predicted molar refractivity (Wildman–Crippen MR) is 77.5 cm³/mol. The Hall–Kier alpha value is -0.820. The summed E-state index contributed by atoms with van der Waals surface area (Å²) in [5.41, 5.74) is 8.44. The van der Waals surface area contributed by atoms with Gasteiger partial charge in [0.25, 0.3) is 0 Å². The van der Waals surface area contributed by atoms with Crippen molar-refractivity contribution in [3.63, 3.8) is 0 Å². The minimum atomic E-state index is 0.685. The quantitative estimate of drug-likeness (QED) is 0.797. The zero-order chi connectivity index (χ0) is 12.5. The molecule has 0 unspecified atom stereocenters. The van der Waals surface area contributed by atoms with Crippen LogP contribution in [0.5, 0.6) is 0 Å². The maximum atomic E-state index is 3.55. The molecule has 1 aliphatic heterocycles. The molecule has 0 fully saturated rings. The lowest BCUT2D eigenvalue weighted by molar-refractivity contribution is 0.664. The zero-order valence-electron chi connectivity index (χ0n) is 11.8. The lowest BCUT2D eigenvalue weighted by atomic mass is 9.79. The molecule has 0 saturated carbocycles. The molecule has 98 valence electrons. The van der Waals surface area contributed by atoms with E-state index in [4.69, 9.17) is 0 Å². The first-order valence-corrected chi connectivity index (χ1v) is 7.64. The van der Waals surface area contributed by atoms with Crippen molar-refractivity contribution in [1.29, 1.82) is 0 Å². The average molecular weight is 243 g/mol. The van der Waals surface area contributed by atoms with Crippen LogP contribution >= 0.6 is 0 Å². The SMILES string of the molecule is CC(C)c1c2c(cc3c1CCNCC3)CCCC2. The van der Waals surface area contributed by atoms with Gasteiger partial charge < -0.3 is 5.32 Å². The van der Waals surface area contributed by atoms with Crippen LogP contribution in [0.3, 0.4) is 0 Å². The monoisotopic (exact) mass is 243 g/mol. The van der Waals surface area contributed by atoms with Gasteiger partial charge in [-0.3, -0.25) is 0 Å². The summed E-state index contributed by atoms with van der Waals surface area (Å²) < 4.78 is 0. The second-order valence-electron chi connectivity index (χ2n) is 6.18. The van der Waals surface area contributed by atoms with Crippen molar-refractivity contribution in [3.8, 4) is 0 Å². The summed E-state index contributed by atoms with van der Waals surface area (Å²) in [5.74, 6) is 0.685. The second kappa shape index (κ2) is 5.05. The summed E-state index contributed by atoms with van der Waals surface area (Å²) in [6, 6.07) is 2.54. The smallest absolute Gasteiger partial charge is 0.000801 e. The normalized spacial score (nSPS) is 19.3. The molecule has 0 radical (unpaired) electrons. The summed E-state index contributed by atoms with van der Waals surface area (Å²) in [6.07, 6.45) is 7.88. The van der Waals surface area contributed by atoms with E-state index in [2.05, 4.69) is 25.2 Å². The first-order chi connectivity index (χ1) is 8.77. The third-order valence-electron chi connectivity index (χ3n) is 4.60. The molecule has 0 amide bonds. The van der Waals surface area contributed by atoms with Crippen LogP contribution in [0.15, 0.2) is 6.07 Å². The van der Waals surface area contributed by atoms with Gasteiger partial charge in [0, 0.05) is 0 Å². The maximum absolute atomic E-state index is 3.55. The van der Waals surface area contributed by atoms with E-state index >= 15 is 0 Å². The molecular weight excluding hydrogens is 218 g/mol. The van der Waals surface area contributed by atoms with E-state index in [0.29, 0.717) is 5.92 Å². The fraction of sp³-hybridized carbons (Fsp3) is 0.647. The molecule has 1 heteroatoms. The highest BCUT2D eigenvalue weighted by molar-refractivity contribution is 5.49. The molecule has 0 spiro atoms. The molecule has 0 bridgehead atoms. The van der Waals surface area contributed by atoms with Crippen LogP contribution in [0, 0.1) is 0 Å². The molecule has 1 aliphatic carbocycles. The second-order valence-corrected chi connectivity index (χ2v) is 6.18. The van der Waals surface area contributed by atoms with Gasteiger partial charge in [0.05, 0.1) is 0 Å². The number of hydrogen-bond acceptors (Lipinski definition) is 1. The van der Waals surface area contributed by atoms with Gasteiger partial charge in [-0.25, -0.2) is 0 Å². The van der Waals surface area contributed by atoms with Crippen molar-refractivity contribution in [3.05, 3.63) is 33.9 Å². The van der Waals surface area contributed by atoms with Crippen LogP contribution in [0.2, 0.25) is 0 Å². The van der Waals surface area contributed by atoms with E-state index in [-0.39, 0.29) is 0 Å². The molecule has 1 nitrogen and oxygen atoms in total. The molecule has 2 aliphatic rings. The summed E-state index contributed by atoms with van der Waals surface area (Å²) in [7, 11) is 0. The molecule has 0 saturated heterocycles.